The summed E-state index contributed by atoms with van der Waals surface area (Å²) < 4.78 is 17.7. The van der Waals surface area contributed by atoms with Gasteiger partial charge in [0.2, 0.25) is 0 Å². The van der Waals surface area contributed by atoms with Crippen molar-refractivity contribution in [3.63, 3.8) is 0 Å². The molecule has 0 bridgehead atoms. The Bertz CT molecular complexity index is 1580. The third kappa shape index (κ3) is 5.24. The molecule has 0 radical (unpaired) electrons. The van der Waals surface area contributed by atoms with E-state index in [0.717, 1.165) is 38.9 Å². The molecule has 6 heteroatoms. The number of benzene rings is 4. The van der Waals surface area contributed by atoms with Crippen molar-refractivity contribution in [2.24, 2.45) is 0 Å². The summed E-state index contributed by atoms with van der Waals surface area (Å²) in [6.07, 6.45) is 0.554. The molecule has 0 aliphatic carbocycles. The maximum atomic E-state index is 12.7. The van der Waals surface area contributed by atoms with Gasteiger partial charge in [0.25, 0.3) is 0 Å². The molecule has 2 atom stereocenters. The van der Waals surface area contributed by atoms with Crippen LogP contribution in [0.1, 0.15) is 34.0 Å². The number of methoxy groups -OCH3 is 1. The number of carbonyl (C=O) groups is 1. The molecule has 2 N–H and O–H groups in total. The second-order valence-corrected chi connectivity index (χ2v) is 9.70. The van der Waals surface area contributed by atoms with E-state index in [1.807, 2.05) is 91.0 Å². The van der Waals surface area contributed by atoms with E-state index in [0.29, 0.717) is 31.1 Å². The van der Waals surface area contributed by atoms with E-state index in [4.69, 9.17) is 14.2 Å². The van der Waals surface area contributed by atoms with Crippen LogP contribution in [0.5, 0.6) is 11.5 Å². The van der Waals surface area contributed by atoms with Crippen molar-refractivity contribution in [1.29, 1.82) is 0 Å². The van der Waals surface area contributed by atoms with Gasteiger partial charge < -0.3 is 19.2 Å². The lowest BCUT2D eigenvalue weighted by Crippen LogP contribution is -2.45. The molecular formula is C33H30N2O4. The topological polar surface area (TPSA) is 72.6 Å². The quantitative estimate of drug-likeness (QED) is 0.243. The summed E-state index contributed by atoms with van der Waals surface area (Å²) in [7, 11) is 1.43. The summed E-state index contributed by atoms with van der Waals surface area (Å²) in [5.74, 6) is 1.03. The lowest BCUT2D eigenvalue weighted by atomic mass is 9.90. The van der Waals surface area contributed by atoms with Crippen LogP contribution in [0.3, 0.4) is 0 Å². The highest BCUT2D eigenvalue weighted by Crippen LogP contribution is 2.39. The molecule has 0 spiro atoms. The van der Waals surface area contributed by atoms with E-state index in [1.54, 1.807) is 0 Å². The number of carbonyl (C=O) groups excluding carboxylic acids is 1. The third-order valence-electron chi connectivity index (χ3n) is 7.17. The molecule has 2 heterocycles. The first-order chi connectivity index (χ1) is 19.2. The molecule has 0 saturated carbocycles. The number of nitrogens with one attached hydrogen (secondary N) is 2. The van der Waals surface area contributed by atoms with Gasteiger partial charge in [0, 0.05) is 23.0 Å². The highest BCUT2D eigenvalue weighted by Gasteiger charge is 2.34. The number of para-hydroxylation sites is 1. The van der Waals surface area contributed by atoms with Crippen LogP contribution in [0.2, 0.25) is 0 Å². The van der Waals surface area contributed by atoms with Gasteiger partial charge in [-0.3, -0.25) is 10.1 Å². The summed E-state index contributed by atoms with van der Waals surface area (Å²) >= 11 is 0. The second-order valence-electron chi connectivity index (χ2n) is 9.70. The van der Waals surface area contributed by atoms with Gasteiger partial charge in [0.15, 0.2) is 11.5 Å². The Kier molecular flexibility index (Phi) is 7.02. The fraction of sp³-hybridized carbons (Fsp3) is 0.182. The van der Waals surface area contributed by atoms with Gasteiger partial charge in [-0.05, 0) is 40.5 Å². The van der Waals surface area contributed by atoms with Crippen LogP contribution < -0.4 is 14.8 Å². The van der Waals surface area contributed by atoms with Crippen LogP contribution in [0.15, 0.2) is 103 Å². The van der Waals surface area contributed by atoms with Crippen molar-refractivity contribution < 1.29 is 19.0 Å². The van der Waals surface area contributed by atoms with Crippen LogP contribution in [-0.2, 0) is 29.2 Å². The largest absolute Gasteiger partial charge is 0.485 e. The third-order valence-corrected chi connectivity index (χ3v) is 7.17. The molecule has 196 valence electrons. The average molecular weight is 519 g/mol. The first kappa shape index (κ1) is 24.8. The molecule has 1 aliphatic heterocycles. The minimum atomic E-state index is -0.464. The van der Waals surface area contributed by atoms with E-state index in [9.17, 15) is 4.79 Å². The SMILES string of the molecule is COC(=O)[C@H]1Cc2c([nH]c3ccccc23)[C@@H](c2ccc(OCc3ccccc3)c(OCc3ccccc3)c2)N1. The van der Waals surface area contributed by atoms with E-state index >= 15 is 0 Å². The maximum Gasteiger partial charge on any atom is 0.323 e. The van der Waals surface area contributed by atoms with Gasteiger partial charge in [-0.2, -0.15) is 0 Å². The number of aromatic nitrogens is 1. The Balaban J connectivity index is 1.37. The van der Waals surface area contributed by atoms with Gasteiger partial charge in [0.05, 0.1) is 13.2 Å². The van der Waals surface area contributed by atoms with Gasteiger partial charge >= 0.3 is 5.97 Å². The first-order valence-corrected chi connectivity index (χ1v) is 13.1. The van der Waals surface area contributed by atoms with Gasteiger partial charge in [0.1, 0.15) is 19.3 Å². The maximum absolute atomic E-state index is 12.7. The Labute approximate surface area is 227 Å². The minimum absolute atomic E-state index is 0.257. The van der Waals surface area contributed by atoms with E-state index in [2.05, 4.69) is 22.4 Å². The highest BCUT2D eigenvalue weighted by atomic mass is 16.5. The van der Waals surface area contributed by atoms with Crippen LogP contribution in [0.25, 0.3) is 10.9 Å². The normalized spacial score (nSPS) is 16.4. The molecule has 6 rings (SSSR count). The number of hydrogen-bond donors (Lipinski definition) is 2. The summed E-state index contributed by atoms with van der Waals surface area (Å²) in [6.45, 7) is 0.840. The molecule has 39 heavy (non-hydrogen) atoms. The standard InChI is InChI=1S/C33H30N2O4/c1-37-33(36)28-19-26-25-14-8-9-15-27(25)34-32(26)31(35-28)24-16-17-29(38-20-22-10-4-2-5-11-22)30(18-24)39-21-23-12-6-3-7-13-23/h2-18,28,31,34-35H,19-21H2,1H3/t28-,31-/m1/s1. The number of rotatable bonds is 8. The predicted molar refractivity (Wildman–Crippen MR) is 151 cm³/mol. The summed E-state index contributed by atoms with van der Waals surface area (Å²) in [5.41, 5.74) is 6.32. The Morgan fingerprint density at radius 2 is 1.44 bits per heavy atom. The van der Waals surface area contributed by atoms with Crippen molar-refractivity contribution in [2.45, 2.75) is 31.7 Å². The molecule has 6 nitrogen and oxygen atoms in total. The fourth-order valence-electron chi connectivity index (χ4n) is 5.20. The molecule has 4 aromatic carbocycles. The number of aromatic amines is 1. The van der Waals surface area contributed by atoms with Crippen LogP contribution in [-0.4, -0.2) is 24.1 Å². The van der Waals surface area contributed by atoms with Crippen molar-refractivity contribution in [3.8, 4) is 11.5 Å². The van der Waals surface area contributed by atoms with E-state index in [1.165, 1.54) is 7.11 Å². The highest BCUT2D eigenvalue weighted by molar-refractivity contribution is 5.87. The number of hydrogen-bond acceptors (Lipinski definition) is 5. The average Bonchev–Trinajstić information content (AvgIpc) is 3.38. The lowest BCUT2D eigenvalue weighted by molar-refractivity contribution is -0.143. The van der Waals surface area contributed by atoms with Crippen LogP contribution in [0, 0.1) is 0 Å². The van der Waals surface area contributed by atoms with Crippen molar-refractivity contribution >= 4 is 16.9 Å². The zero-order chi connectivity index (χ0) is 26.6. The second kappa shape index (κ2) is 11.1. The molecule has 1 aliphatic rings. The molecule has 0 saturated heterocycles. The Hall–Kier alpha value is -4.55. The molecule has 0 fully saturated rings. The Morgan fingerprint density at radius 3 is 2.13 bits per heavy atom. The number of fused-ring (bicyclic) bond motifs is 3. The first-order valence-electron chi connectivity index (χ1n) is 13.1. The van der Waals surface area contributed by atoms with E-state index in [-0.39, 0.29) is 12.0 Å². The summed E-state index contributed by atoms with van der Waals surface area (Å²) in [5, 5.41) is 4.64. The number of H-pyrrole nitrogens is 1. The minimum Gasteiger partial charge on any atom is -0.485 e. The zero-order valence-electron chi connectivity index (χ0n) is 21.7. The Morgan fingerprint density at radius 1 is 0.795 bits per heavy atom. The molecule has 0 amide bonds. The van der Waals surface area contributed by atoms with Gasteiger partial charge in [-0.25, -0.2) is 0 Å². The fourth-order valence-corrected chi connectivity index (χ4v) is 5.20. The van der Waals surface area contributed by atoms with Gasteiger partial charge in [-0.1, -0.05) is 84.9 Å². The molecule has 0 unspecified atom stereocenters. The zero-order valence-corrected chi connectivity index (χ0v) is 21.7. The molecular weight excluding hydrogens is 488 g/mol. The summed E-state index contributed by atoms with van der Waals surface area (Å²) in [6, 6.07) is 33.6. The number of esters is 1. The van der Waals surface area contributed by atoms with Crippen LogP contribution >= 0.6 is 0 Å². The molecule has 5 aromatic rings. The lowest BCUT2D eigenvalue weighted by Gasteiger charge is -2.30. The van der Waals surface area contributed by atoms with Crippen molar-refractivity contribution in [1.82, 2.24) is 10.3 Å². The van der Waals surface area contributed by atoms with Crippen molar-refractivity contribution in [2.75, 3.05) is 7.11 Å². The molecule has 1 aromatic heterocycles. The predicted octanol–water partition coefficient (Wildman–Crippen LogP) is 6.10. The van der Waals surface area contributed by atoms with Gasteiger partial charge in [-0.15, -0.1) is 0 Å². The number of ether oxygens (including phenoxy) is 3. The van der Waals surface area contributed by atoms with E-state index < -0.39 is 6.04 Å². The van der Waals surface area contributed by atoms with Crippen LogP contribution in [0.4, 0.5) is 0 Å². The monoisotopic (exact) mass is 518 g/mol. The van der Waals surface area contributed by atoms with Crippen molar-refractivity contribution in [3.05, 3.63) is 131 Å². The summed E-state index contributed by atoms with van der Waals surface area (Å²) in [4.78, 5) is 16.3. The smallest absolute Gasteiger partial charge is 0.323 e.